The highest BCUT2D eigenvalue weighted by atomic mass is 35.5. The van der Waals surface area contributed by atoms with Crippen LogP contribution in [0.3, 0.4) is 0 Å². The van der Waals surface area contributed by atoms with E-state index in [1.54, 1.807) is 26.3 Å². The van der Waals surface area contributed by atoms with Gasteiger partial charge >= 0.3 is 0 Å². The van der Waals surface area contributed by atoms with Gasteiger partial charge < -0.3 is 25.8 Å². The number of nitrogens with one attached hydrogen (secondary N) is 3. The number of carbonyl (C=O) groups excluding carboxylic acids is 1. The van der Waals surface area contributed by atoms with Gasteiger partial charge in [-0.05, 0) is 31.5 Å². The lowest BCUT2D eigenvalue weighted by atomic mass is 9.97. The van der Waals surface area contributed by atoms with Crippen LogP contribution < -0.4 is 26.2 Å². The zero-order valence-corrected chi connectivity index (χ0v) is 28.1. The summed E-state index contributed by atoms with van der Waals surface area (Å²) in [6, 6.07) is 20.6. The molecule has 6 rings (SSSR count). The predicted molar refractivity (Wildman–Crippen MR) is 188 cm³/mol. The Bertz CT molecular complexity index is 2030. The first-order valence-electron chi connectivity index (χ1n) is 15.7. The molecule has 0 aliphatic carbocycles. The van der Waals surface area contributed by atoms with Gasteiger partial charge in [0, 0.05) is 84.3 Å². The van der Waals surface area contributed by atoms with Gasteiger partial charge in [0.2, 0.25) is 11.8 Å². The van der Waals surface area contributed by atoms with Crippen molar-refractivity contribution >= 4 is 34.8 Å². The molecule has 12 heteroatoms. The molecule has 248 valence electrons. The van der Waals surface area contributed by atoms with Crippen LogP contribution in [0, 0.1) is 0 Å². The molecule has 2 aromatic carbocycles. The maximum Gasteiger partial charge on any atom is 0.258 e. The smallest absolute Gasteiger partial charge is 0.258 e. The number of amides is 1. The maximum atomic E-state index is 13.0. The first kappa shape index (κ1) is 33.6. The van der Waals surface area contributed by atoms with E-state index in [-0.39, 0.29) is 17.5 Å². The van der Waals surface area contributed by atoms with Gasteiger partial charge in [0.15, 0.2) is 0 Å². The number of carbonyl (C=O) groups is 1. The molecule has 1 amide bonds. The molecule has 1 saturated heterocycles. The fraction of sp³-hybridized carbons (Fsp3) is 0.278. The number of aliphatic hydroxyl groups is 1. The average molecular weight is 688 g/mol. The summed E-state index contributed by atoms with van der Waals surface area (Å²) in [5.74, 6) is 0.579. The number of fused-ring (bicyclic) bond motifs is 1. The molecule has 1 fully saturated rings. The molecule has 0 unspecified atom stereocenters. The fourth-order valence-electron chi connectivity index (χ4n) is 5.85. The number of aromatic nitrogens is 3. The van der Waals surface area contributed by atoms with E-state index in [1.165, 1.54) is 10.5 Å². The van der Waals surface area contributed by atoms with E-state index in [2.05, 4.69) is 20.9 Å². The highest BCUT2D eigenvalue weighted by Gasteiger charge is 2.21. The van der Waals surface area contributed by atoms with Crippen molar-refractivity contribution in [3.8, 4) is 39.4 Å². The van der Waals surface area contributed by atoms with Crippen molar-refractivity contribution in [2.75, 3.05) is 20.2 Å². The number of benzene rings is 2. The maximum absolute atomic E-state index is 13.0. The fourth-order valence-corrected chi connectivity index (χ4v) is 6.52. The van der Waals surface area contributed by atoms with Crippen molar-refractivity contribution in [3.05, 3.63) is 105 Å². The molecule has 4 heterocycles. The van der Waals surface area contributed by atoms with Gasteiger partial charge in [0.05, 0.1) is 34.6 Å². The monoisotopic (exact) mass is 686 g/mol. The topological polar surface area (TPSA) is 130 Å². The minimum atomic E-state index is -0.494. The summed E-state index contributed by atoms with van der Waals surface area (Å²) in [5.41, 5.74) is 6.11. The molecule has 2 atom stereocenters. The minimum absolute atomic E-state index is 0.0917. The number of nitrogens with zero attached hydrogens (tertiary/aromatic N) is 3. The number of hydrogen-bond donors (Lipinski definition) is 4. The molecule has 3 aromatic heterocycles. The molecule has 0 saturated carbocycles. The molecule has 0 radical (unpaired) electrons. The number of halogens is 2. The van der Waals surface area contributed by atoms with Gasteiger partial charge in [-0.15, -0.1) is 0 Å². The van der Waals surface area contributed by atoms with Crippen molar-refractivity contribution in [3.63, 3.8) is 0 Å². The van der Waals surface area contributed by atoms with E-state index in [4.69, 9.17) is 32.9 Å². The largest absolute Gasteiger partial charge is 0.481 e. The zero-order chi connectivity index (χ0) is 33.8. The van der Waals surface area contributed by atoms with Crippen LogP contribution in [0.4, 0.5) is 0 Å². The van der Waals surface area contributed by atoms with E-state index >= 15 is 0 Å². The zero-order valence-electron chi connectivity index (χ0n) is 26.6. The van der Waals surface area contributed by atoms with Crippen molar-refractivity contribution < 1.29 is 14.6 Å². The highest BCUT2D eigenvalue weighted by molar-refractivity contribution is 6.39. The summed E-state index contributed by atoms with van der Waals surface area (Å²) in [6.07, 6.45) is 2.63. The average Bonchev–Trinajstić information content (AvgIpc) is 3.49. The van der Waals surface area contributed by atoms with Crippen LogP contribution in [0.25, 0.3) is 39.2 Å². The van der Waals surface area contributed by atoms with Crippen molar-refractivity contribution in [2.24, 2.45) is 0 Å². The predicted octanol–water partition coefficient (Wildman–Crippen LogP) is 5.24. The first-order valence-corrected chi connectivity index (χ1v) is 16.5. The summed E-state index contributed by atoms with van der Waals surface area (Å²) in [5, 5.41) is 19.9. The molecular weight excluding hydrogens is 651 g/mol. The summed E-state index contributed by atoms with van der Waals surface area (Å²) >= 11 is 14.1. The van der Waals surface area contributed by atoms with Crippen LogP contribution in [0.1, 0.15) is 31.0 Å². The third-order valence-electron chi connectivity index (χ3n) is 8.26. The molecule has 0 spiro atoms. The molecule has 1 aliphatic heterocycles. The summed E-state index contributed by atoms with van der Waals surface area (Å²) in [6.45, 7) is 3.68. The Morgan fingerprint density at radius 2 is 1.69 bits per heavy atom. The number of ether oxygens (including phenoxy) is 1. The number of hydrogen-bond acceptors (Lipinski definition) is 8. The lowest BCUT2D eigenvalue weighted by Crippen LogP contribution is -2.35. The lowest BCUT2D eigenvalue weighted by Gasteiger charge is -2.16. The molecule has 10 nitrogen and oxygen atoms in total. The quantitative estimate of drug-likeness (QED) is 0.140. The summed E-state index contributed by atoms with van der Waals surface area (Å²) in [7, 11) is 1.59. The van der Waals surface area contributed by atoms with E-state index in [9.17, 15) is 14.7 Å². The van der Waals surface area contributed by atoms with Gasteiger partial charge in [-0.2, -0.15) is 0 Å². The van der Waals surface area contributed by atoms with Gasteiger partial charge in [-0.25, -0.2) is 9.97 Å². The van der Waals surface area contributed by atoms with Crippen molar-refractivity contribution in [2.45, 2.75) is 45.0 Å². The normalized spacial score (nSPS) is 15.1. The standard InChI is InChI=1S/C36H36Cl2N6O4/c1-21(45)16-39-19-25-15-33(47)44-20-23(10-13-31(44)41-25)26-5-3-6-27(34(26)37)28-7-4-8-29(35(28)38)30-12-9-22(36(43-30)48-2)17-40-18-24-11-14-32(46)42-24/h3-10,12-13,15,20-21,24,39-40,45H,11,14,16-19H2,1-2H3,(H,42,46)/t21-,24-/m0/s1. The molecule has 48 heavy (non-hydrogen) atoms. The van der Waals surface area contributed by atoms with Crippen molar-refractivity contribution in [1.82, 2.24) is 30.3 Å². The van der Waals surface area contributed by atoms with Crippen LogP contribution in [-0.2, 0) is 17.9 Å². The Morgan fingerprint density at radius 3 is 2.40 bits per heavy atom. The second-order valence-corrected chi connectivity index (χ2v) is 12.6. The van der Waals surface area contributed by atoms with Crippen LogP contribution in [0.5, 0.6) is 5.88 Å². The van der Waals surface area contributed by atoms with Gasteiger partial charge in [-0.1, -0.05) is 65.7 Å². The van der Waals surface area contributed by atoms with Crippen LogP contribution >= 0.6 is 23.2 Å². The van der Waals surface area contributed by atoms with Gasteiger partial charge in [0.1, 0.15) is 5.65 Å². The van der Waals surface area contributed by atoms with Crippen LogP contribution in [0.2, 0.25) is 10.0 Å². The van der Waals surface area contributed by atoms with E-state index in [1.807, 2.05) is 54.6 Å². The van der Waals surface area contributed by atoms with Gasteiger partial charge in [-0.3, -0.25) is 14.0 Å². The highest BCUT2D eigenvalue weighted by Crippen LogP contribution is 2.42. The molecular formula is C36H36Cl2N6O4. The van der Waals surface area contributed by atoms with Crippen molar-refractivity contribution in [1.29, 1.82) is 0 Å². The van der Waals surface area contributed by atoms with Crippen LogP contribution in [-0.4, -0.2) is 57.7 Å². The van der Waals surface area contributed by atoms with Crippen LogP contribution in [0.15, 0.2) is 77.7 Å². The lowest BCUT2D eigenvalue weighted by molar-refractivity contribution is -0.119. The second-order valence-electron chi connectivity index (χ2n) is 11.8. The number of pyridine rings is 2. The number of aliphatic hydroxyl groups excluding tert-OH is 1. The SMILES string of the molecule is COc1nc(-c2cccc(-c3cccc(-c4ccc5nc(CNC[C@H](C)O)cc(=O)n5c4)c3Cl)c2Cl)ccc1CNC[C@@H]1CCC(=O)N1. The molecule has 1 aliphatic rings. The third kappa shape index (κ3) is 7.38. The Morgan fingerprint density at radius 1 is 0.958 bits per heavy atom. The Labute approximate surface area is 288 Å². The molecule has 0 bridgehead atoms. The first-order chi connectivity index (χ1) is 23.2. The Hall–Kier alpha value is -4.32. The third-order valence-corrected chi connectivity index (χ3v) is 9.07. The number of rotatable bonds is 12. The van der Waals surface area contributed by atoms with E-state index in [0.29, 0.717) is 65.6 Å². The Balaban J connectivity index is 1.26. The molecule has 5 aromatic rings. The molecule has 4 N–H and O–H groups in total. The van der Waals surface area contributed by atoms with Gasteiger partial charge in [0.25, 0.3) is 5.56 Å². The summed E-state index contributed by atoms with van der Waals surface area (Å²) < 4.78 is 7.13. The van der Waals surface area contributed by atoms with E-state index in [0.717, 1.165) is 39.8 Å². The Kier molecular flexibility index (Phi) is 10.4. The minimum Gasteiger partial charge on any atom is -0.481 e. The summed E-state index contributed by atoms with van der Waals surface area (Å²) in [4.78, 5) is 33.9. The second kappa shape index (κ2) is 14.8. The van der Waals surface area contributed by atoms with E-state index < -0.39 is 6.10 Å². The number of methoxy groups -OCH3 is 1.